The molecule has 3 aromatic rings. The second-order valence-electron chi connectivity index (χ2n) is 4.44. The number of hydrogen-bond acceptors (Lipinski definition) is 4. The Morgan fingerprint density at radius 3 is 2.67 bits per heavy atom. The van der Waals surface area contributed by atoms with Crippen LogP contribution in [0.3, 0.4) is 0 Å². The molecule has 5 heteroatoms. The van der Waals surface area contributed by atoms with Crippen LogP contribution in [0.5, 0.6) is 5.75 Å². The molecular formula is C16H13N3O2. The van der Waals surface area contributed by atoms with Crippen molar-refractivity contribution in [3.05, 3.63) is 60.3 Å². The molecule has 1 heterocycles. The number of carbonyl (C=O) groups is 1. The normalized spacial score (nSPS) is 10.3. The zero-order valence-corrected chi connectivity index (χ0v) is 11.4. The third-order valence-corrected chi connectivity index (χ3v) is 3.20. The Morgan fingerprint density at radius 2 is 1.95 bits per heavy atom. The first kappa shape index (κ1) is 13.1. The zero-order valence-electron chi connectivity index (χ0n) is 11.4. The van der Waals surface area contributed by atoms with Gasteiger partial charge in [0.2, 0.25) is 0 Å². The SMILES string of the molecule is COc1ccc(-c2cnnn2-c2ccccc2)cc1C=O. The Hall–Kier alpha value is -2.95. The van der Waals surface area contributed by atoms with Gasteiger partial charge in [0.15, 0.2) is 6.29 Å². The van der Waals surface area contributed by atoms with Crippen molar-refractivity contribution in [1.82, 2.24) is 15.0 Å². The molecule has 0 aliphatic heterocycles. The molecule has 0 fully saturated rings. The summed E-state index contributed by atoms with van der Waals surface area (Å²) in [6.45, 7) is 0. The summed E-state index contributed by atoms with van der Waals surface area (Å²) in [7, 11) is 1.54. The van der Waals surface area contributed by atoms with Crippen LogP contribution in [0.2, 0.25) is 0 Å². The Bertz CT molecular complexity index is 766. The van der Waals surface area contributed by atoms with Gasteiger partial charge in [0.05, 0.1) is 30.3 Å². The van der Waals surface area contributed by atoms with E-state index in [-0.39, 0.29) is 0 Å². The van der Waals surface area contributed by atoms with Gasteiger partial charge in [0, 0.05) is 5.56 Å². The molecule has 0 bridgehead atoms. The Kier molecular flexibility index (Phi) is 3.47. The van der Waals surface area contributed by atoms with Crippen LogP contribution in [0.15, 0.2) is 54.7 Å². The molecule has 0 saturated heterocycles. The molecule has 0 spiro atoms. The molecule has 0 radical (unpaired) electrons. The zero-order chi connectivity index (χ0) is 14.7. The summed E-state index contributed by atoms with van der Waals surface area (Å²) in [5, 5.41) is 8.07. The van der Waals surface area contributed by atoms with Crippen molar-refractivity contribution in [2.75, 3.05) is 7.11 Å². The summed E-state index contributed by atoms with van der Waals surface area (Å²) < 4.78 is 6.89. The lowest BCUT2D eigenvalue weighted by Crippen LogP contribution is -1.99. The van der Waals surface area contributed by atoms with Crippen LogP contribution in [0.4, 0.5) is 0 Å². The van der Waals surface area contributed by atoms with Crippen LogP contribution in [-0.2, 0) is 0 Å². The molecule has 21 heavy (non-hydrogen) atoms. The van der Waals surface area contributed by atoms with Gasteiger partial charge >= 0.3 is 0 Å². The molecule has 0 unspecified atom stereocenters. The largest absolute Gasteiger partial charge is 0.496 e. The topological polar surface area (TPSA) is 57.0 Å². The average molecular weight is 279 g/mol. The number of nitrogens with zero attached hydrogens (tertiary/aromatic N) is 3. The molecule has 0 saturated carbocycles. The third kappa shape index (κ3) is 2.41. The van der Waals surface area contributed by atoms with E-state index in [0.717, 1.165) is 23.2 Å². The number of aldehydes is 1. The van der Waals surface area contributed by atoms with Gasteiger partial charge in [-0.25, -0.2) is 4.68 Å². The lowest BCUT2D eigenvalue weighted by molar-refractivity contribution is 0.112. The fourth-order valence-corrected chi connectivity index (χ4v) is 2.18. The van der Waals surface area contributed by atoms with E-state index in [2.05, 4.69) is 10.3 Å². The smallest absolute Gasteiger partial charge is 0.153 e. The highest BCUT2D eigenvalue weighted by molar-refractivity contribution is 5.82. The minimum Gasteiger partial charge on any atom is -0.496 e. The van der Waals surface area contributed by atoms with E-state index in [4.69, 9.17) is 4.74 Å². The summed E-state index contributed by atoms with van der Waals surface area (Å²) in [6.07, 6.45) is 2.45. The molecule has 3 rings (SSSR count). The maximum absolute atomic E-state index is 11.1. The van der Waals surface area contributed by atoms with Crippen LogP contribution in [0, 0.1) is 0 Å². The lowest BCUT2D eigenvalue weighted by atomic mass is 10.1. The van der Waals surface area contributed by atoms with Crippen molar-refractivity contribution in [2.24, 2.45) is 0 Å². The van der Waals surface area contributed by atoms with Crippen molar-refractivity contribution < 1.29 is 9.53 Å². The number of benzene rings is 2. The van der Waals surface area contributed by atoms with Gasteiger partial charge in [0.25, 0.3) is 0 Å². The first-order valence-electron chi connectivity index (χ1n) is 6.43. The fraction of sp³-hybridized carbons (Fsp3) is 0.0625. The second kappa shape index (κ2) is 5.58. The van der Waals surface area contributed by atoms with Crippen LogP contribution >= 0.6 is 0 Å². The molecule has 2 aromatic carbocycles. The quantitative estimate of drug-likeness (QED) is 0.689. The predicted octanol–water partition coefficient (Wildman–Crippen LogP) is 2.76. The van der Waals surface area contributed by atoms with E-state index in [1.165, 1.54) is 7.11 Å². The molecule has 0 aliphatic rings. The van der Waals surface area contributed by atoms with Crippen molar-refractivity contribution in [2.45, 2.75) is 0 Å². The number of rotatable bonds is 4. The van der Waals surface area contributed by atoms with Crippen molar-refractivity contribution in [3.8, 4) is 22.7 Å². The number of para-hydroxylation sites is 1. The van der Waals surface area contributed by atoms with E-state index in [1.54, 1.807) is 23.0 Å². The first-order chi connectivity index (χ1) is 10.3. The van der Waals surface area contributed by atoms with Crippen molar-refractivity contribution in [3.63, 3.8) is 0 Å². The van der Waals surface area contributed by atoms with Crippen molar-refractivity contribution >= 4 is 6.29 Å². The number of methoxy groups -OCH3 is 1. The number of aromatic nitrogens is 3. The molecule has 0 N–H and O–H groups in total. The van der Waals surface area contributed by atoms with Gasteiger partial charge in [-0.1, -0.05) is 23.4 Å². The summed E-state index contributed by atoms with van der Waals surface area (Å²) >= 11 is 0. The highest BCUT2D eigenvalue weighted by Gasteiger charge is 2.11. The van der Waals surface area contributed by atoms with Gasteiger partial charge in [-0.3, -0.25) is 4.79 Å². The van der Waals surface area contributed by atoms with Crippen molar-refractivity contribution in [1.29, 1.82) is 0 Å². The molecule has 0 atom stereocenters. The lowest BCUT2D eigenvalue weighted by Gasteiger charge is -2.08. The average Bonchev–Trinajstić information content (AvgIpc) is 3.04. The van der Waals surface area contributed by atoms with Gasteiger partial charge in [0.1, 0.15) is 5.75 Å². The van der Waals surface area contributed by atoms with Gasteiger partial charge in [-0.2, -0.15) is 0 Å². The predicted molar refractivity (Wildman–Crippen MR) is 78.7 cm³/mol. The third-order valence-electron chi connectivity index (χ3n) is 3.20. The maximum Gasteiger partial charge on any atom is 0.153 e. The fourth-order valence-electron chi connectivity index (χ4n) is 2.18. The summed E-state index contributed by atoms with van der Waals surface area (Å²) in [5.41, 5.74) is 3.07. The highest BCUT2D eigenvalue weighted by Crippen LogP contribution is 2.26. The van der Waals surface area contributed by atoms with E-state index in [1.807, 2.05) is 36.4 Å². The van der Waals surface area contributed by atoms with Gasteiger partial charge in [-0.05, 0) is 30.3 Å². The highest BCUT2D eigenvalue weighted by atomic mass is 16.5. The summed E-state index contributed by atoms with van der Waals surface area (Å²) in [4.78, 5) is 11.1. The van der Waals surface area contributed by atoms with E-state index in [0.29, 0.717) is 11.3 Å². The maximum atomic E-state index is 11.1. The molecule has 0 amide bonds. The summed E-state index contributed by atoms with van der Waals surface area (Å²) in [6, 6.07) is 15.1. The van der Waals surface area contributed by atoms with Crippen LogP contribution in [-0.4, -0.2) is 28.4 Å². The number of carbonyl (C=O) groups excluding carboxylic acids is 1. The molecule has 104 valence electrons. The summed E-state index contributed by atoms with van der Waals surface area (Å²) in [5.74, 6) is 0.549. The monoisotopic (exact) mass is 279 g/mol. The van der Waals surface area contributed by atoms with Crippen LogP contribution in [0.1, 0.15) is 10.4 Å². The number of hydrogen-bond donors (Lipinski definition) is 0. The Morgan fingerprint density at radius 1 is 1.14 bits per heavy atom. The van der Waals surface area contributed by atoms with E-state index < -0.39 is 0 Å². The van der Waals surface area contributed by atoms with Gasteiger partial charge < -0.3 is 4.74 Å². The minimum atomic E-state index is 0.496. The molecular weight excluding hydrogens is 266 g/mol. The Labute approximate surface area is 121 Å². The second-order valence-corrected chi connectivity index (χ2v) is 4.44. The first-order valence-corrected chi connectivity index (χ1v) is 6.43. The van der Waals surface area contributed by atoms with E-state index >= 15 is 0 Å². The Balaban J connectivity index is 2.10. The van der Waals surface area contributed by atoms with Crippen LogP contribution in [0.25, 0.3) is 16.9 Å². The molecule has 1 aromatic heterocycles. The van der Waals surface area contributed by atoms with Crippen LogP contribution < -0.4 is 4.74 Å². The molecule has 0 aliphatic carbocycles. The number of ether oxygens (including phenoxy) is 1. The molecule has 5 nitrogen and oxygen atoms in total. The van der Waals surface area contributed by atoms with E-state index in [9.17, 15) is 4.79 Å². The minimum absolute atomic E-state index is 0.496. The van der Waals surface area contributed by atoms with Gasteiger partial charge in [-0.15, -0.1) is 5.10 Å². The standard InChI is InChI=1S/C16H13N3O2/c1-21-16-8-7-12(9-13(16)11-20)15-10-17-18-19(15)14-5-3-2-4-6-14/h2-11H,1H3.